The van der Waals surface area contributed by atoms with Gasteiger partial charge in [-0.25, -0.2) is 0 Å². The van der Waals surface area contributed by atoms with E-state index in [4.69, 9.17) is 4.74 Å². The van der Waals surface area contributed by atoms with Gasteiger partial charge in [-0.15, -0.1) is 24.0 Å². The quantitative estimate of drug-likeness (QED) is 0.291. The minimum Gasteiger partial charge on any atom is -0.490 e. The first-order valence-corrected chi connectivity index (χ1v) is 8.97. The van der Waals surface area contributed by atoms with Crippen molar-refractivity contribution in [3.05, 3.63) is 29.3 Å². The van der Waals surface area contributed by atoms with Crippen molar-refractivity contribution in [1.29, 1.82) is 0 Å². The minimum absolute atomic E-state index is 0. The van der Waals surface area contributed by atoms with Gasteiger partial charge in [0, 0.05) is 25.7 Å². The van der Waals surface area contributed by atoms with Gasteiger partial charge in [-0.1, -0.05) is 26.0 Å². The average Bonchev–Trinajstić information content (AvgIpc) is 2.61. The Morgan fingerprint density at radius 1 is 1.23 bits per heavy atom. The number of benzene rings is 1. The van der Waals surface area contributed by atoms with E-state index in [1.165, 1.54) is 0 Å². The Morgan fingerprint density at radius 3 is 2.58 bits per heavy atom. The number of nitrogens with one attached hydrogen (secondary N) is 3. The Bertz CT molecular complexity index is 579. The summed E-state index contributed by atoms with van der Waals surface area (Å²) in [5, 5.41) is 9.07. The van der Waals surface area contributed by atoms with Crippen LogP contribution < -0.4 is 20.7 Å². The van der Waals surface area contributed by atoms with E-state index in [-0.39, 0.29) is 42.5 Å². The van der Waals surface area contributed by atoms with Crippen molar-refractivity contribution in [1.82, 2.24) is 16.0 Å². The zero-order valence-electron chi connectivity index (χ0n) is 16.5. The second-order valence-electron chi connectivity index (χ2n) is 6.08. The number of carbonyl (C=O) groups excluding carboxylic acids is 1. The monoisotopic (exact) mass is 476 g/mol. The molecule has 1 atom stereocenters. The summed E-state index contributed by atoms with van der Waals surface area (Å²) in [7, 11) is 1.69. The van der Waals surface area contributed by atoms with Crippen molar-refractivity contribution in [2.75, 3.05) is 20.1 Å². The Hall–Kier alpha value is -1.51. The molecule has 148 valence electrons. The normalized spacial score (nSPS) is 12.0. The van der Waals surface area contributed by atoms with Crippen LogP contribution in [0.25, 0.3) is 0 Å². The highest BCUT2D eigenvalue weighted by Gasteiger charge is 2.09. The summed E-state index contributed by atoms with van der Waals surface area (Å²) in [5.74, 6) is 1.43. The number of rotatable bonds is 9. The molecule has 0 heterocycles. The lowest BCUT2D eigenvalue weighted by Gasteiger charge is -2.18. The summed E-state index contributed by atoms with van der Waals surface area (Å²) >= 11 is 0. The molecule has 0 fully saturated rings. The molecule has 0 spiro atoms. The van der Waals surface area contributed by atoms with Gasteiger partial charge in [0.1, 0.15) is 5.75 Å². The van der Waals surface area contributed by atoms with Gasteiger partial charge in [-0.05, 0) is 38.3 Å². The third-order valence-electron chi connectivity index (χ3n) is 3.78. The van der Waals surface area contributed by atoms with Gasteiger partial charge in [0.05, 0.1) is 12.6 Å². The molecule has 0 aromatic heterocycles. The lowest BCUT2D eigenvalue weighted by Crippen LogP contribution is -2.43. The fourth-order valence-electron chi connectivity index (χ4n) is 2.11. The van der Waals surface area contributed by atoms with E-state index in [1.807, 2.05) is 6.92 Å². The molecule has 0 aliphatic heterocycles. The summed E-state index contributed by atoms with van der Waals surface area (Å²) in [6.07, 6.45) is 2.04. The maximum atomic E-state index is 11.7. The van der Waals surface area contributed by atoms with Crippen LogP contribution in [-0.2, 0) is 11.3 Å². The number of carbonyl (C=O) groups is 1. The van der Waals surface area contributed by atoms with E-state index in [9.17, 15) is 4.79 Å². The molecule has 0 saturated carbocycles. The van der Waals surface area contributed by atoms with Crippen molar-refractivity contribution in [2.45, 2.75) is 53.2 Å². The van der Waals surface area contributed by atoms with Crippen LogP contribution in [0.3, 0.4) is 0 Å². The van der Waals surface area contributed by atoms with Crippen LogP contribution in [0, 0.1) is 6.92 Å². The smallest absolute Gasteiger partial charge is 0.239 e. The molecule has 0 radical (unpaired) electrons. The number of halogens is 1. The number of aryl methyl sites for hydroxylation is 1. The van der Waals surface area contributed by atoms with Gasteiger partial charge in [-0.2, -0.15) is 0 Å². The number of guanidine groups is 1. The average molecular weight is 476 g/mol. The van der Waals surface area contributed by atoms with Crippen LogP contribution in [0.4, 0.5) is 0 Å². The molecule has 3 N–H and O–H groups in total. The van der Waals surface area contributed by atoms with Gasteiger partial charge in [0.15, 0.2) is 5.96 Å². The van der Waals surface area contributed by atoms with Crippen molar-refractivity contribution < 1.29 is 9.53 Å². The molecule has 1 unspecified atom stereocenters. The van der Waals surface area contributed by atoms with Gasteiger partial charge < -0.3 is 20.7 Å². The molecule has 1 aromatic carbocycles. The van der Waals surface area contributed by atoms with Crippen molar-refractivity contribution in [2.24, 2.45) is 4.99 Å². The predicted octanol–water partition coefficient (Wildman–Crippen LogP) is 2.98. The zero-order chi connectivity index (χ0) is 18.7. The van der Waals surface area contributed by atoms with Crippen LogP contribution >= 0.6 is 24.0 Å². The molecule has 6 nitrogen and oxygen atoms in total. The number of ether oxygens (including phenoxy) is 1. The molecular formula is C19H33IN4O2. The lowest BCUT2D eigenvalue weighted by molar-refractivity contribution is -0.120. The Labute approximate surface area is 174 Å². The first kappa shape index (κ1) is 24.5. The highest BCUT2D eigenvalue weighted by molar-refractivity contribution is 14.0. The van der Waals surface area contributed by atoms with Crippen LogP contribution in [0.15, 0.2) is 23.2 Å². The highest BCUT2D eigenvalue weighted by atomic mass is 127. The van der Waals surface area contributed by atoms with Crippen LogP contribution in [0.2, 0.25) is 0 Å². The van der Waals surface area contributed by atoms with Crippen LogP contribution in [0.1, 0.15) is 44.7 Å². The summed E-state index contributed by atoms with van der Waals surface area (Å²) < 4.78 is 6.02. The Morgan fingerprint density at radius 2 is 1.96 bits per heavy atom. The molecule has 0 saturated heterocycles. The van der Waals surface area contributed by atoms with E-state index >= 15 is 0 Å². The standard InChI is InChI=1S/C19H32N4O2.HI/c1-6-10-21-18(24)13-23-19(20-5)22-12-16-9-8-14(3)11-17(16)25-15(4)7-2;/h8-9,11,15H,6-7,10,12-13H2,1-5H3,(H,21,24)(H2,20,22,23);1H. The topological polar surface area (TPSA) is 74.8 Å². The maximum absolute atomic E-state index is 11.7. The molecule has 1 aromatic rings. The number of hydrogen-bond acceptors (Lipinski definition) is 3. The summed E-state index contributed by atoms with van der Waals surface area (Å²) in [4.78, 5) is 15.8. The minimum atomic E-state index is -0.0408. The van der Waals surface area contributed by atoms with Crippen molar-refractivity contribution >= 4 is 35.8 Å². The van der Waals surface area contributed by atoms with E-state index in [0.29, 0.717) is 19.0 Å². The molecule has 26 heavy (non-hydrogen) atoms. The fourth-order valence-corrected chi connectivity index (χ4v) is 2.11. The molecule has 0 aliphatic rings. The molecule has 7 heteroatoms. The number of hydrogen-bond donors (Lipinski definition) is 3. The second kappa shape index (κ2) is 13.7. The van der Waals surface area contributed by atoms with Gasteiger partial charge in [0.2, 0.25) is 5.91 Å². The van der Waals surface area contributed by atoms with Crippen LogP contribution in [-0.4, -0.2) is 38.1 Å². The summed E-state index contributed by atoms with van der Waals surface area (Å²) in [5.41, 5.74) is 2.22. The molecule has 1 rings (SSSR count). The molecule has 0 aliphatic carbocycles. The molecule has 0 bridgehead atoms. The van der Waals surface area contributed by atoms with E-state index < -0.39 is 0 Å². The first-order chi connectivity index (χ1) is 12.0. The van der Waals surface area contributed by atoms with Gasteiger partial charge in [0.25, 0.3) is 0 Å². The van der Waals surface area contributed by atoms with E-state index in [0.717, 1.165) is 29.7 Å². The van der Waals surface area contributed by atoms with Crippen molar-refractivity contribution in [3.8, 4) is 5.75 Å². The molecular weight excluding hydrogens is 443 g/mol. The number of nitrogens with zero attached hydrogens (tertiary/aromatic N) is 1. The van der Waals surface area contributed by atoms with Crippen LogP contribution in [0.5, 0.6) is 5.75 Å². The third kappa shape index (κ3) is 9.26. The van der Waals surface area contributed by atoms with Gasteiger partial charge >= 0.3 is 0 Å². The lowest BCUT2D eigenvalue weighted by atomic mass is 10.1. The Balaban J connectivity index is 0.00000625. The predicted molar refractivity (Wildman–Crippen MR) is 118 cm³/mol. The SMILES string of the molecule is CCCNC(=O)CNC(=NC)NCc1ccc(C)cc1OC(C)CC.I. The number of aliphatic imine (C=N–C) groups is 1. The van der Waals surface area contributed by atoms with Gasteiger partial charge in [-0.3, -0.25) is 9.79 Å². The largest absolute Gasteiger partial charge is 0.490 e. The summed E-state index contributed by atoms with van der Waals surface area (Å²) in [6.45, 7) is 9.70. The fraction of sp³-hybridized carbons (Fsp3) is 0.579. The maximum Gasteiger partial charge on any atom is 0.239 e. The highest BCUT2D eigenvalue weighted by Crippen LogP contribution is 2.22. The second-order valence-corrected chi connectivity index (χ2v) is 6.08. The van der Waals surface area contributed by atoms with E-state index in [2.05, 4.69) is 59.9 Å². The summed E-state index contributed by atoms with van der Waals surface area (Å²) in [6, 6.07) is 6.17. The Kier molecular flexibility index (Phi) is 12.9. The first-order valence-electron chi connectivity index (χ1n) is 8.97. The van der Waals surface area contributed by atoms with E-state index in [1.54, 1.807) is 7.05 Å². The third-order valence-corrected chi connectivity index (χ3v) is 3.78. The zero-order valence-corrected chi connectivity index (χ0v) is 18.8. The number of amides is 1. The van der Waals surface area contributed by atoms with Crippen molar-refractivity contribution in [3.63, 3.8) is 0 Å². The molecule has 1 amide bonds.